The molecule has 1 aromatic heterocycles. The Morgan fingerprint density at radius 1 is 1.24 bits per heavy atom. The maximum Gasteiger partial charge on any atom is 0.338 e. The number of ether oxygens (including phenoxy) is 1. The summed E-state index contributed by atoms with van der Waals surface area (Å²) in [5.41, 5.74) is 1.35. The zero-order chi connectivity index (χ0) is 15.2. The van der Waals surface area contributed by atoms with Gasteiger partial charge in [-0.1, -0.05) is 29.8 Å². The number of benzene rings is 1. The van der Waals surface area contributed by atoms with Gasteiger partial charge in [0.15, 0.2) is 0 Å². The van der Waals surface area contributed by atoms with Gasteiger partial charge in [-0.3, -0.25) is 4.79 Å². The molecular weight excluding hydrogens is 292 g/mol. The molecule has 0 fully saturated rings. The van der Waals surface area contributed by atoms with E-state index in [1.54, 1.807) is 30.3 Å². The van der Waals surface area contributed by atoms with E-state index in [0.717, 1.165) is 0 Å². The molecule has 0 aliphatic carbocycles. The molecule has 1 heterocycles. The molecule has 21 heavy (non-hydrogen) atoms. The van der Waals surface area contributed by atoms with Crippen LogP contribution in [0.5, 0.6) is 0 Å². The van der Waals surface area contributed by atoms with Crippen LogP contribution in [0.3, 0.4) is 0 Å². The fraction of sp³-hybridized carbons (Fsp3) is 0.133. The van der Waals surface area contributed by atoms with E-state index in [0.29, 0.717) is 16.1 Å². The summed E-state index contributed by atoms with van der Waals surface area (Å²) < 4.78 is 4.70. The van der Waals surface area contributed by atoms with Gasteiger partial charge in [-0.2, -0.15) is 0 Å². The van der Waals surface area contributed by atoms with Gasteiger partial charge in [0.1, 0.15) is 5.69 Å². The predicted octanol–water partition coefficient (Wildman–Crippen LogP) is 2.45. The Morgan fingerprint density at radius 3 is 2.67 bits per heavy atom. The lowest BCUT2D eigenvalue weighted by atomic mass is 10.1. The van der Waals surface area contributed by atoms with E-state index in [-0.39, 0.29) is 18.1 Å². The maximum atomic E-state index is 11.9. The Morgan fingerprint density at radius 2 is 2.00 bits per heavy atom. The van der Waals surface area contributed by atoms with E-state index in [1.165, 1.54) is 19.4 Å². The van der Waals surface area contributed by atoms with Crippen LogP contribution >= 0.6 is 11.6 Å². The van der Waals surface area contributed by atoms with Crippen LogP contribution in [0.25, 0.3) is 0 Å². The summed E-state index contributed by atoms with van der Waals surface area (Å²) >= 11 is 5.72. The first-order valence-electron chi connectivity index (χ1n) is 6.18. The molecule has 0 unspecified atom stereocenters. The third kappa shape index (κ3) is 3.79. The zero-order valence-electron chi connectivity index (χ0n) is 11.3. The van der Waals surface area contributed by atoms with Crippen molar-refractivity contribution in [1.29, 1.82) is 0 Å². The lowest BCUT2D eigenvalue weighted by molar-refractivity contribution is 0.0598. The molecule has 0 aliphatic rings. The molecule has 1 aromatic carbocycles. The van der Waals surface area contributed by atoms with Crippen molar-refractivity contribution in [2.45, 2.75) is 6.54 Å². The van der Waals surface area contributed by atoms with Gasteiger partial charge in [-0.25, -0.2) is 9.78 Å². The van der Waals surface area contributed by atoms with Crippen LogP contribution in [-0.2, 0) is 11.3 Å². The van der Waals surface area contributed by atoms with Gasteiger partial charge < -0.3 is 10.1 Å². The molecule has 0 atom stereocenters. The topological polar surface area (TPSA) is 68.3 Å². The molecule has 1 amide bonds. The number of carbonyl (C=O) groups is 2. The predicted molar refractivity (Wildman–Crippen MR) is 78.2 cm³/mol. The van der Waals surface area contributed by atoms with Crippen LogP contribution in [0.2, 0.25) is 5.02 Å². The maximum absolute atomic E-state index is 11.9. The van der Waals surface area contributed by atoms with Gasteiger partial charge in [0.2, 0.25) is 0 Å². The van der Waals surface area contributed by atoms with Crippen LogP contribution < -0.4 is 5.32 Å². The molecular formula is C15H13ClN2O3. The summed E-state index contributed by atoms with van der Waals surface area (Å²) in [5.74, 6) is -0.782. The minimum Gasteiger partial charge on any atom is -0.465 e. The summed E-state index contributed by atoms with van der Waals surface area (Å²) in [4.78, 5) is 27.5. The molecule has 0 saturated carbocycles. The van der Waals surface area contributed by atoms with Crippen molar-refractivity contribution in [2.75, 3.05) is 7.11 Å². The summed E-state index contributed by atoms with van der Waals surface area (Å²) in [6.45, 7) is 0.203. The van der Waals surface area contributed by atoms with Crippen molar-refractivity contribution in [1.82, 2.24) is 10.3 Å². The number of hydrogen-bond donors (Lipinski definition) is 1. The summed E-state index contributed by atoms with van der Waals surface area (Å²) in [6.07, 6.45) is 1.40. The molecule has 2 rings (SSSR count). The average molecular weight is 305 g/mol. The van der Waals surface area contributed by atoms with Gasteiger partial charge in [0.05, 0.1) is 17.7 Å². The molecule has 0 radical (unpaired) electrons. The van der Waals surface area contributed by atoms with Crippen molar-refractivity contribution >= 4 is 23.5 Å². The van der Waals surface area contributed by atoms with Crippen LogP contribution in [0, 0.1) is 0 Å². The van der Waals surface area contributed by atoms with E-state index in [2.05, 4.69) is 10.3 Å². The molecule has 1 N–H and O–H groups in total. The molecule has 0 saturated heterocycles. The quantitative estimate of drug-likeness (QED) is 0.881. The molecule has 0 bridgehead atoms. The van der Waals surface area contributed by atoms with Crippen molar-refractivity contribution in [3.05, 3.63) is 64.4 Å². The number of nitrogens with zero attached hydrogens (tertiary/aromatic N) is 1. The Balaban J connectivity index is 2.08. The molecule has 0 spiro atoms. The van der Waals surface area contributed by atoms with Crippen LogP contribution in [-0.4, -0.2) is 24.0 Å². The first-order valence-corrected chi connectivity index (χ1v) is 6.55. The van der Waals surface area contributed by atoms with Crippen LogP contribution in [0.4, 0.5) is 0 Å². The molecule has 6 heteroatoms. The van der Waals surface area contributed by atoms with Crippen LogP contribution in [0.1, 0.15) is 26.4 Å². The van der Waals surface area contributed by atoms with E-state index >= 15 is 0 Å². The minimum atomic E-state index is -0.440. The van der Waals surface area contributed by atoms with Crippen molar-refractivity contribution in [3.63, 3.8) is 0 Å². The lowest BCUT2D eigenvalue weighted by Crippen LogP contribution is -2.24. The highest BCUT2D eigenvalue weighted by Gasteiger charge is 2.12. The van der Waals surface area contributed by atoms with Gasteiger partial charge in [0.25, 0.3) is 5.91 Å². The Hall–Kier alpha value is -2.40. The van der Waals surface area contributed by atoms with E-state index in [9.17, 15) is 9.59 Å². The van der Waals surface area contributed by atoms with Crippen molar-refractivity contribution in [3.8, 4) is 0 Å². The lowest BCUT2D eigenvalue weighted by Gasteiger charge is -2.09. The third-order valence-corrected chi connectivity index (χ3v) is 3.05. The summed E-state index contributed by atoms with van der Waals surface area (Å²) in [7, 11) is 1.31. The standard InChI is InChI=1S/C15H13ClN2O3/c1-21-15(20)12-5-3-2-4-10(12)8-18-14(19)13-7-6-11(16)9-17-13/h2-7,9H,8H2,1H3,(H,18,19). The Labute approximate surface area is 126 Å². The number of esters is 1. The highest BCUT2D eigenvalue weighted by atomic mass is 35.5. The second kappa shape index (κ2) is 6.85. The minimum absolute atomic E-state index is 0.203. The van der Waals surface area contributed by atoms with Crippen LogP contribution in [0.15, 0.2) is 42.6 Å². The number of hydrogen-bond acceptors (Lipinski definition) is 4. The number of rotatable bonds is 4. The number of carbonyl (C=O) groups excluding carboxylic acids is 2. The number of halogens is 1. The Bertz CT molecular complexity index is 656. The monoisotopic (exact) mass is 304 g/mol. The Kier molecular flexibility index (Phi) is 4.90. The van der Waals surface area contributed by atoms with Crippen molar-refractivity contribution < 1.29 is 14.3 Å². The highest BCUT2D eigenvalue weighted by molar-refractivity contribution is 6.30. The number of nitrogens with one attached hydrogen (secondary N) is 1. The van der Waals surface area contributed by atoms with Gasteiger partial charge in [-0.15, -0.1) is 0 Å². The molecule has 2 aromatic rings. The highest BCUT2D eigenvalue weighted by Crippen LogP contribution is 2.10. The molecule has 108 valence electrons. The van der Waals surface area contributed by atoms with E-state index in [1.807, 2.05) is 0 Å². The first kappa shape index (κ1) is 15.0. The van der Waals surface area contributed by atoms with Gasteiger partial charge >= 0.3 is 5.97 Å². The zero-order valence-corrected chi connectivity index (χ0v) is 12.1. The van der Waals surface area contributed by atoms with Gasteiger partial charge in [-0.05, 0) is 23.8 Å². The SMILES string of the molecule is COC(=O)c1ccccc1CNC(=O)c1ccc(Cl)cn1. The fourth-order valence-electron chi connectivity index (χ4n) is 1.76. The summed E-state index contributed by atoms with van der Waals surface area (Å²) in [5, 5.41) is 3.16. The average Bonchev–Trinajstić information content (AvgIpc) is 2.52. The second-order valence-electron chi connectivity index (χ2n) is 4.19. The number of pyridine rings is 1. The van der Waals surface area contributed by atoms with E-state index in [4.69, 9.17) is 16.3 Å². The van der Waals surface area contributed by atoms with E-state index < -0.39 is 5.97 Å². The normalized spacial score (nSPS) is 10.0. The smallest absolute Gasteiger partial charge is 0.338 e. The van der Waals surface area contributed by atoms with Gasteiger partial charge in [0, 0.05) is 12.7 Å². The second-order valence-corrected chi connectivity index (χ2v) is 4.63. The number of amides is 1. The molecule has 5 nitrogen and oxygen atoms in total. The third-order valence-electron chi connectivity index (χ3n) is 2.82. The number of aromatic nitrogens is 1. The van der Waals surface area contributed by atoms with Crippen molar-refractivity contribution in [2.24, 2.45) is 0 Å². The number of methoxy groups -OCH3 is 1. The largest absolute Gasteiger partial charge is 0.465 e. The molecule has 0 aliphatic heterocycles. The fourth-order valence-corrected chi connectivity index (χ4v) is 1.87. The summed E-state index contributed by atoms with van der Waals surface area (Å²) in [6, 6.07) is 10.0. The first-order chi connectivity index (χ1) is 10.1.